The summed E-state index contributed by atoms with van der Waals surface area (Å²) in [5, 5.41) is 3.07. The summed E-state index contributed by atoms with van der Waals surface area (Å²) >= 11 is 0. The lowest BCUT2D eigenvalue weighted by molar-refractivity contribution is 0.0628. The van der Waals surface area contributed by atoms with Gasteiger partial charge in [0.15, 0.2) is 5.84 Å². The Morgan fingerprint density at radius 1 is 0.848 bits per heavy atom. The van der Waals surface area contributed by atoms with Crippen LogP contribution >= 0.6 is 0 Å². The molecule has 5 rings (SSSR count). The number of anilines is 1. The van der Waals surface area contributed by atoms with E-state index in [1.165, 1.54) is 5.56 Å². The van der Waals surface area contributed by atoms with Crippen molar-refractivity contribution < 1.29 is 13.2 Å². The summed E-state index contributed by atoms with van der Waals surface area (Å²) < 4.78 is 28.3. The molecule has 0 bridgehead atoms. The monoisotopic (exact) mass is 460 g/mol. The standard InChI is InChI=1S/C25H24N4O3S/c30-25(29-16-14-28(15-17-29)18-19-6-2-1-3-7-19)20-10-12-21(13-11-20)26-24-22-8-4-5-9-23(22)33(31,32)27-24/h1-13H,14-18H2,(H,26,27). The molecule has 8 heteroatoms. The van der Waals surface area contributed by atoms with Crippen LogP contribution in [0.1, 0.15) is 21.5 Å². The molecule has 0 saturated carbocycles. The molecule has 7 nitrogen and oxygen atoms in total. The van der Waals surface area contributed by atoms with Crippen LogP contribution in [0.25, 0.3) is 0 Å². The summed E-state index contributed by atoms with van der Waals surface area (Å²) in [7, 11) is -3.67. The zero-order valence-corrected chi connectivity index (χ0v) is 18.8. The summed E-state index contributed by atoms with van der Waals surface area (Å²) in [4.78, 5) is 17.4. The lowest BCUT2D eigenvalue weighted by atomic mass is 10.1. The van der Waals surface area contributed by atoms with Gasteiger partial charge in [-0.3, -0.25) is 9.69 Å². The van der Waals surface area contributed by atoms with Crippen LogP contribution in [0.15, 0.2) is 88.2 Å². The Bertz CT molecular complexity index is 1300. The zero-order chi connectivity index (χ0) is 22.8. The number of benzene rings is 3. The number of carbonyl (C=O) groups excluding carboxylic acids is 1. The van der Waals surface area contributed by atoms with Crippen molar-refractivity contribution in [2.24, 2.45) is 4.40 Å². The first kappa shape index (κ1) is 21.4. The van der Waals surface area contributed by atoms with Crippen molar-refractivity contribution in [2.75, 3.05) is 31.5 Å². The molecule has 0 radical (unpaired) electrons. The molecule has 2 heterocycles. The quantitative estimate of drug-likeness (QED) is 0.647. The van der Waals surface area contributed by atoms with Gasteiger partial charge in [0.1, 0.15) is 4.90 Å². The van der Waals surface area contributed by atoms with E-state index in [2.05, 4.69) is 26.7 Å². The Hall–Kier alpha value is -3.49. The molecule has 0 aliphatic carbocycles. The van der Waals surface area contributed by atoms with E-state index < -0.39 is 10.0 Å². The van der Waals surface area contributed by atoms with Crippen molar-refractivity contribution >= 4 is 27.5 Å². The Morgan fingerprint density at radius 3 is 2.24 bits per heavy atom. The molecule has 0 unspecified atom stereocenters. The third kappa shape index (κ3) is 4.53. The molecule has 1 saturated heterocycles. The molecule has 2 aliphatic rings. The maximum Gasteiger partial charge on any atom is 0.285 e. The van der Waals surface area contributed by atoms with Gasteiger partial charge < -0.3 is 10.2 Å². The van der Waals surface area contributed by atoms with Crippen LogP contribution in [0.5, 0.6) is 0 Å². The number of nitrogens with one attached hydrogen (secondary N) is 1. The molecule has 33 heavy (non-hydrogen) atoms. The number of nitrogens with zero attached hydrogens (tertiary/aromatic N) is 3. The number of amidine groups is 1. The van der Waals surface area contributed by atoms with Gasteiger partial charge in [-0.2, -0.15) is 8.42 Å². The first-order valence-corrected chi connectivity index (χ1v) is 12.3. The number of rotatable bonds is 4. The van der Waals surface area contributed by atoms with Crippen molar-refractivity contribution in [3.05, 3.63) is 95.6 Å². The average Bonchev–Trinajstić information content (AvgIpc) is 3.10. The van der Waals surface area contributed by atoms with E-state index in [1.54, 1.807) is 48.5 Å². The minimum atomic E-state index is -3.67. The van der Waals surface area contributed by atoms with Gasteiger partial charge in [0.25, 0.3) is 15.9 Å². The van der Waals surface area contributed by atoms with Gasteiger partial charge in [-0.05, 0) is 42.0 Å². The van der Waals surface area contributed by atoms with Crippen molar-refractivity contribution in [1.82, 2.24) is 9.80 Å². The molecule has 1 N–H and O–H groups in total. The first-order chi connectivity index (χ1) is 16.0. The second kappa shape index (κ2) is 8.80. The molecule has 0 atom stereocenters. The SMILES string of the molecule is O=C(c1ccc(NC2=NS(=O)(=O)c3ccccc32)cc1)N1CCN(Cc2ccccc2)CC1. The Morgan fingerprint density at radius 2 is 1.52 bits per heavy atom. The smallest absolute Gasteiger partial charge is 0.285 e. The van der Waals surface area contributed by atoms with E-state index >= 15 is 0 Å². The second-order valence-corrected chi connectivity index (χ2v) is 9.74. The van der Waals surface area contributed by atoms with Crippen LogP contribution in [0, 0.1) is 0 Å². The number of amides is 1. The summed E-state index contributed by atoms with van der Waals surface area (Å²) in [6, 6.07) is 24.1. The summed E-state index contributed by atoms with van der Waals surface area (Å²) in [6.45, 7) is 3.96. The molecule has 168 valence electrons. The van der Waals surface area contributed by atoms with Crippen LogP contribution in [0.2, 0.25) is 0 Å². The molecule has 0 spiro atoms. The number of carbonyl (C=O) groups is 1. The minimum Gasteiger partial charge on any atom is -0.339 e. The first-order valence-electron chi connectivity index (χ1n) is 10.9. The minimum absolute atomic E-state index is 0.00652. The highest BCUT2D eigenvalue weighted by Gasteiger charge is 2.28. The molecule has 0 aromatic heterocycles. The van der Waals surface area contributed by atoms with E-state index in [4.69, 9.17) is 0 Å². The van der Waals surface area contributed by atoms with Crippen LogP contribution in [-0.2, 0) is 16.6 Å². The summed E-state index contributed by atoms with van der Waals surface area (Å²) in [6.07, 6.45) is 0. The Balaban J connectivity index is 1.20. The Kier molecular flexibility index (Phi) is 5.70. The van der Waals surface area contributed by atoms with Crippen molar-refractivity contribution in [3.63, 3.8) is 0 Å². The zero-order valence-electron chi connectivity index (χ0n) is 18.0. The van der Waals surface area contributed by atoms with Crippen LogP contribution in [0.3, 0.4) is 0 Å². The van der Waals surface area contributed by atoms with Crippen molar-refractivity contribution in [3.8, 4) is 0 Å². The molecule has 3 aromatic rings. The van der Waals surface area contributed by atoms with E-state index in [-0.39, 0.29) is 10.8 Å². The molecule has 3 aromatic carbocycles. The van der Waals surface area contributed by atoms with Gasteiger partial charge in [-0.15, -0.1) is 4.40 Å². The van der Waals surface area contributed by atoms with E-state index in [1.807, 2.05) is 23.1 Å². The molecular formula is C25H24N4O3S. The maximum absolute atomic E-state index is 13.0. The molecular weight excluding hydrogens is 436 g/mol. The second-order valence-electron chi connectivity index (χ2n) is 8.17. The van der Waals surface area contributed by atoms with Gasteiger partial charge in [0.05, 0.1) is 0 Å². The van der Waals surface area contributed by atoms with Crippen LogP contribution in [0.4, 0.5) is 5.69 Å². The lowest BCUT2D eigenvalue weighted by Gasteiger charge is -2.34. The molecule has 1 fully saturated rings. The highest BCUT2D eigenvalue weighted by molar-refractivity contribution is 7.90. The third-order valence-electron chi connectivity index (χ3n) is 5.93. The van der Waals surface area contributed by atoms with Crippen molar-refractivity contribution in [1.29, 1.82) is 0 Å². The summed E-state index contributed by atoms with van der Waals surface area (Å²) in [5.74, 6) is 0.297. The van der Waals surface area contributed by atoms with E-state index in [0.29, 0.717) is 35.7 Å². The Labute approximate surface area is 193 Å². The molecule has 2 aliphatic heterocycles. The van der Waals surface area contributed by atoms with E-state index in [0.717, 1.165) is 19.6 Å². The summed E-state index contributed by atoms with van der Waals surface area (Å²) in [5.41, 5.74) is 3.11. The fraction of sp³-hybridized carbons (Fsp3) is 0.200. The maximum atomic E-state index is 13.0. The fourth-order valence-corrected chi connectivity index (χ4v) is 5.34. The van der Waals surface area contributed by atoms with Crippen LogP contribution in [-0.4, -0.2) is 56.1 Å². The van der Waals surface area contributed by atoms with Gasteiger partial charge >= 0.3 is 0 Å². The van der Waals surface area contributed by atoms with Gasteiger partial charge in [-0.25, -0.2) is 0 Å². The highest BCUT2D eigenvalue weighted by atomic mass is 32.2. The number of hydrogen-bond acceptors (Lipinski definition) is 5. The number of hydrogen-bond donors (Lipinski definition) is 1. The highest BCUT2D eigenvalue weighted by Crippen LogP contribution is 2.26. The number of sulfonamides is 1. The van der Waals surface area contributed by atoms with Crippen molar-refractivity contribution in [2.45, 2.75) is 11.4 Å². The predicted octanol–water partition coefficient (Wildman–Crippen LogP) is 3.21. The third-order valence-corrected chi connectivity index (χ3v) is 7.27. The fourth-order valence-electron chi connectivity index (χ4n) is 4.16. The number of fused-ring (bicyclic) bond motifs is 1. The number of piperazine rings is 1. The average molecular weight is 461 g/mol. The normalized spacial score (nSPS) is 17.3. The van der Waals surface area contributed by atoms with Crippen LogP contribution < -0.4 is 5.32 Å². The van der Waals surface area contributed by atoms with Gasteiger partial charge in [-0.1, -0.05) is 42.5 Å². The lowest BCUT2D eigenvalue weighted by Crippen LogP contribution is -2.48. The van der Waals surface area contributed by atoms with Gasteiger partial charge in [0.2, 0.25) is 0 Å². The largest absolute Gasteiger partial charge is 0.339 e. The van der Waals surface area contributed by atoms with Gasteiger partial charge in [0, 0.05) is 49.5 Å². The topological polar surface area (TPSA) is 82.1 Å². The predicted molar refractivity (Wildman–Crippen MR) is 128 cm³/mol. The van der Waals surface area contributed by atoms with E-state index in [9.17, 15) is 13.2 Å². The molecule has 1 amide bonds.